The first-order valence-electron chi connectivity index (χ1n) is 7.54. The van der Waals surface area contributed by atoms with Crippen LogP contribution in [0.5, 0.6) is 5.75 Å². The number of rotatable bonds is 6. The van der Waals surface area contributed by atoms with Crippen molar-refractivity contribution in [1.29, 1.82) is 0 Å². The van der Waals surface area contributed by atoms with Crippen LogP contribution in [0, 0.1) is 0 Å². The summed E-state index contributed by atoms with van der Waals surface area (Å²) in [6, 6.07) is 14.5. The smallest absolute Gasteiger partial charge is 0.191 e. The highest BCUT2D eigenvalue weighted by Gasteiger charge is 2.14. The summed E-state index contributed by atoms with van der Waals surface area (Å²) in [6.07, 6.45) is 0. The first kappa shape index (κ1) is 17.5. The van der Waals surface area contributed by atoms with E-state index in [0.717, 1.165) is 11.3 Å². The lowest BCUT2D eigenvalue weighted by Crippen LogP contribution is -2.04. The van der Waals surface area contributed by atoms with Crippen molar-refractivity contribution >= 4 is 29.1 Å². The molecule has 3 aromatic rings. The third-order valence-corrected chi connectivity index (χ3v) is 4.92. The maximum Gasteiger partial charge on any atom is 0.191 e. The summed E-state index contributed by atoms with van der Waals surface area (Å²) in [7, 11) is 3.47. The van der Waals surface area contributed by atoms with Crippen molar-refractivity contribution in [1.82, 2.24) is 14.8 Å². The van der Waals surface area contributed by atoms with Gasteiger partial charge in [-0.2, -0.15) is 0 Å². The predicted octanol–water partition coefficient (Wildman–Crippen LogP) is 4.12. The van der Waals surface area contributed by atoms with Crippen LogP contribution in [-0.4, -0.2) is 33.4 Å². The summed E-state index contributed by atoms with van der Waals surface area (Å²) in [4.78, 5) is 12.3. The van der Waals surface area contributed by atoms with Crippen LogP contribution in [0.1, 0.15) is 10.4 Å². The van der Waals surface area contributed by atoms with Gasteiger partial charge in [0.2, 0.25) is 0 Å². The molecule has 0 N–H and O–H groups in total. The lowest BCUT2D eigenvalue weighted by molar-refractivity contribution is 0.102. The first-order chi connectivity index (χ1) is 12.1. The SMILES string of the molecule is COc1ccc(C(=O)CSc2nnc(-c3cccc(Cl)c3)n2C)cc1. The maximum absolute atomic E-state index is 12.3. The summed E-state index contributed by atoms with van der Waals surface area (Å²) in [5, 5.41) is 9.70. The minimum atomic E-state index is 0.0277. The summed E-state index contributed by atoms with van der Waals surface area (Å²) < 4.78 is 6.96. The average Bonchev–Trinajstić information content (AvgIpc) is 3.00. The van der Waals surface area contributed by atoms with Crippen LogP contribution in [0.4, 0.5) is 0 Å². The van der Waals surface area contributed by atoms with Crippen molar-refractivity contribution in [2.45, 2.75) is 5.16 Å². The molecule has 0 radical (unpaired) electrons. The fourth-order valence-corrected chi connectivity index (χ4v) is 3.31. The first-order valence-corrected chi connectivity index (χ1v) is 8.90. The normalized spacial score (nSPS) is 10.7. The number of benzene rings is 2. The highest BCUT2D eigenvalue weighted by atomic mass is 35.5. The molecule has 7 heteroatoms. The average molecular weight is 374 g/mol. The summed E-state index contributed by atoms with van der Waals surface area (Å²) in [5.41, 5.74) is 1.53. The van der Waals surface area contributed by atoms with Crippen LogP contribution >= 0.6 is 23.4 Å². The van der Waals surface area contributed by atoms with Crippen molar-refractivity contribution in [3.05, 3.63) is 59.1 Å². The molecule has 3 rings (SSSR count). The fraction of sp³-hybridized carbons (Fsp3) is 0.167. The number of hydrogen-bond acceptors (Lipinski definition) is 5. The van der Waals surface area contributed by atoms with Crippen LogP contribution in [0.25, 0.3) is 11.4 Å². The molecule has 0 bridgehead atoms. The molecule has 0 saturated heterocycles. The molecule has 0 unspecified atom stereocenters. The van der Waals surface area contributed by atoms with Crippen LogP contribution in [0.2, 0.25) is 5.02 Å². The predicted molar refractivity (Wildman–Crippen MR) is 99.5 cm³/mol. The van der Waals surface area contributed by atoms with Crippen molar-refractivity contribution in [2.75, 3.05) is 12.9 Å². The second-order valence-corrected chi connectivity index (χ2v) is 6.69. The Morgan fingerprint density at radius 2 is 1.96 bits per heavy atom. The van der Waals surface area contributed by atoms with E-state index in [4.69, 9.17) is 16.3 Å². The van der Waals surface area contributed by atoms with Gasteiger partial charge in [-0.15, -0.1) is 10.2 Å². The van der Waals surface area contributed by atoms with Gasteiger partial charge < -0.3 is 9.30 Å². The van der Waals surface area contributed by atoms with Crippen molar-refractivity contribution in [3.63, 3.8) is 0 Å². The third kappa shape index (κ3) is 4.03. The number of hydrogen-bond donors (Lipinski definition) is 0. The number of nitrogens with zero attached hydrogens (tertiary/aromatic N) is 3. The van der Waals surface area contributed by atoms with Crippen molar-refractivity contribution < 1.29 is 9.53 Å². The molecule has 128 valence electrons. The summed E-state index contributed by atoms with van der Waals surface area (Å²) in [5.74, 6) is 1.75. The number of methoxy groups -OCH3 is 1. The Kier molecular flexibility index (Phi) is 5.40. The van der Waals surface area contributed by atoms with Gasteiger partial charge in [0.25, 0.3) is 0 Å². The van der Waals surface area contributed by atoms with E-state index >= 15 is 0 Å². The molecule has 0 atom stereocenters. The van der Waals surface area contributed by atoms with E-state index < -0.39 is 0 Å². The Balaban J connectivity index is 1.70. The molecule has 0 spiro atoms. The standard InChI is InChI=1S/C18H16ClN3O2S/c1-22-17(13-4-3-5-14(19)10-13)20-21-18(22)25-11-16(23)12-6-8-15(24-2)9-7-12/h3-10H,11H2,1-2H3. The molecular formula is C18H16ClN3O2S. The third-order valence-electron chi connectivity index (χ3n) is 3.66. The second-order valence-electron chi connectivity index (χ2n) is 5.32. The van der Waals surface area contributed by atoms with E-state index in [2.05, 4.69) is 10.2 Å². The largest absolute Gasteiger partial charge is 0.497 e. The monoisotopic (exact) mass is 373 g/mol. The zero-order valence-electron chi connectivity index (χ0n) is 13.8. The Morgan fingerprint density at radius 1 is 1.20 bits per heavy atom. The molecule has 0 saturated carbocycles. The van der Waals surface area contributed by atoms with Crippen LogP contribution in [0.15, 0.2) is 53.7 Å². The van der Waals surface area contributed by atoms with Crippen LogP contribution < -0.4 is 4.74 Å². The minimum Gasteiger partial charge on any atom is -0.497 e. The Bertz CT molecular complexity index is 894. The molecule has 0 amide bonds. The van der Waals surface area contributed by atoms with Gasteiger partial charge in [-0.25, -0.2) is 0 Å². The highest BCUT2D eigenvalue weighted by molar-refractivity contribution is 7.99. The molecule has 0 aliphatic carbocycles. The Hall–Kier alpha value is -2.31. The lowest BCUT2D eigenvalue weighted by Gasteiger charge is -2.05. The topological polar surface area (TPSA) is 57.0 Å². The lowest BCUT2D eigenvalue weighted by atomic mass is 10.1. The Labute approximate surface area is 155 Å². The quantitative estimate of drug-likeness (QED) is 0.480. The molecule has 5 nitrogen and oxygen atoms in total. The highest BCUT2D eigenvalue weighted by Crippen LogP contribution is 2.25. The van der Waals surface area contributed by atoms with Gasteiger partial charge in [0.05, 0.1) is 12.9 Å². The summed E-state index contributed by atoms with van der Waals surface area (Å²) >= 11 is 7.39. The van der Waals surface area contributed by atoms with Gasteiger partial charge in [0, 0.05) is 23.2 Å². The van der Waals surface area contributed by atoms with Gasteiger partial charge in [0.15, 0.2) is 16.8 Å². The van der Waals surface area contributed by atoms with Gasteiger partial charge in [0.1, 0.15) is 5.75 Å². The number of aromatic nitrogens is 3. The van der Waals surface area contributed by atoms with Gasteiger partial charge in [-0.05, 0) is 36.4 Å². The van der Waals surface area contributed by atoms with Crippen LogP contribution in [-0.2, 0) is 7.05 Å². The molecule has 25 heavy (non-hydrogen) atoms. The number of ether oxygens (including phenoxy) is 1. The molecule has 1 heterocycles. The van der Waals surface area contributed by atoms with E-state index in [1.807, 2.05) is 35.9 Å². The van der Waals surface area contributed by atoms with Gasteiger partial charge >= 0.3 is 0 Å². The number of ketones is 1. The molecule has 1 aromatic heterocycles. The van der Waals surface area contributed by atoms with Gasteiger partial charge in [-0.1, -0.05) is 35.5 Å². The maximum atomic E-state index is 12.3. The number of carbonyl (C=O) groups excluding carboxylic acids is 1. The van der Waals surface area contributed by atoms with E-state index in [9.17, 15) is 4.79 Å². The van der Waals surface area contributed by atoms with E-state index in [1.165, 1.54) is 11.8 Å². The molecule has 0 aliphatic rings. The zero-order valence-corrected chi connectivity index (χ0v) is 15.3. The second kappa shape index (κ2) is 7.72. The fourth-order valence-electron chi connectivity index (χ4n) is 2.31. The van der Waals surface area contributed by atoms with Crippen molar-refractivity contribution in [2.24, 2.45) is 7.05 Å². The molecule has 2 aromatic carbocycles. The van der Waals surface area contributed by atoms with E-state index in [1.54, 1.807) is 31.4 Å². The summed E-state index contributed by atoms with van der Waals surface area (Å²) in [6.45, 7) is 0. The van der Waals surface area contributed by atoms with Gasteiger partial charge in [-0.3, -0.25) is 4.79 Å². The van der Waals surface area contributed by atoms with Crippen LogP contribution in [0.3, 0.4) is 0 Å². The Morgan fingerprint density at radius 3 is 2.64 bits per heavy atom. The zero-order chi connectivity index (χ0) is 17.8. The number of thioether (sulfide) groups is 1. The minimum absolute atomic E-state index is 0.0277. The molecular weight excluding hydrogens is 358 g/mol. The number of carbonyl (C=O) groups is 1. The molecule has 0 fully saturated rings. The van der Waals surface area contributed by atoms with E-state index in [-0.39, 0.29) is 11.5 Å². The van der Waals surface area contributed by atoms with Crippen molar-refractivity contribution in [3.8, 4) is 17.1 Å². The number of halogens is 1. The van der Waals surface area contributed by atoms with E-state index in [0.29, 0.717) is 21.6 Å². The molecule has 0 aliphatic heterocycles. The number of Topliss-reactive ketones (excluding diaryl/α,β-unsaturated/α-hetero) is 1.